The molecule has 0 bridgehead atoms. The van der Waals surface area contributed by atoms with Gasteiger partial charge in [-0.15, -0.1) is 0 Å². The molecule has 2 N–H and O–H groups in total. The molecule has 22 heavy (non-hydrogen) atoms. The Morgan fingerprint density at radius 3 is 2.68 bits per heavy atom. The van der Waals surface area contributed by atoms with Crippen molar-refractivity contribution in [2.45, 2.75) is 19.1 Å². The molecule has 0 saturated carbocycles. The lowest BCUT2D eigenvalue weighted by Crippen LogP contribution is -2.47. The highest BCUT2D eigenvalue weighted by Gasteiger charge is 2.39. The average molecular weight is 311 g/mol. The van der Waals surface area contributed by atoms with E-state index in [-0.39, 0.29) is 12.2 Å². The highest BCUT2D eigenvalue weighted by molar-refractivity contribution is 6.11. The Morgan fingerprint density at radius 2 is 2.00 bits per heavy atom. The molecule has 3 amide bonds. The molecule has 1 aromatic rings. The predicted molar refractivity (Wildman–Crippen MR) is 72.0 cm³/mol. The van der Waals surface area contributed by atoms with E-state index in [1.165, 1.54) is 17.0 Å². The van der Waals surface area contributed by atoms with Crippen LogP contribution in [0.25, 0.3) is 0 Å². The van der Waals surface area contributed by atoms with E-state index in [4.69, 9.17) is 0 Å². The van der Waals surface area contributed by atoms with E-state index in [9.17, 15) is 22.8 Å². The van der Waals surface area contributed by atoms with Crippen LogP contribution in [0.3, 0.4) is 0 Å². The van der Waals surface area contributed by atoms with E-state index in [2.05, 4.69) is 10.6 Å². The van der Waals surface area contributed by atoms with Crippen LogP contribution in [0.2, 0.25) is 0 Å². The van der Waals surface area contributed by atoms with Gasteiger partial charge in [0.05, 0.1) is 29.4 Å². The number of hydrogen-bond acceptors (Lipinski definition) is 2. The number of carbonyl (C=O) groups excluding carboxylic acids is 2. The van der Waals surface area contributed by atoms with Crippen molar-refractivity contribution >= 4 is 17.6 Å². The molecule has 0 radical (unpaired) electrons. The molecule has 1 atom stereocenters. The number of benzene rings is 1. The van der Waals surface area contributed by atoms with Crippen molar-refractivity contribution in [3.8, 4) is 0 Å². The zero-order valence-electron chi connectivity index (χ0n) is 11.5. The summed E-state index contributed by atoms with van der Waals surface area (Å²) in [7, 11) is 0. The fraction of sp³-hybridized carbons (Fsp3) is 0.286. The van der Waals surface area contributed by atoms with E-state index in [1.807, 2.05) is 0 Å². The van der Waals surface area contributed by atoms with Gasteiger partial charge in [0.2, 0.25) is 0 Å². The van der Waals surface area contributed by atoms with Crippen molar-refractivity contribution in [1.29, 1.82) is 0 Å². The minimum Gasteiger partial charge on any atom is -0.331 e. The van der Waals surface area contributed by atoms with Crippen LogP contribution in [0.1, 0.15) is 12.5 Å². The molecule has 8 heteroatoms. The number of alkyl halides is 3. The lowest BCUT2D eigenvalue weighted by molar-refractivity contribution is -0.137. The number of nitrogens with one attached hydrogen (secondary N) is 2. The summed E-state index contributed by atoms with van der Waals surface area (Å²) in [5, 5.41) is 5.08. The number of amides is 3. The second-order valence-electron chi connectivity index (χ2n) is 5.15. The van der Waals surface area contributed by atoms with Gasteiger partial charge in [0.1, 0.15) is 0 Å². The number of hydrogen-bond donors (Lipinski definition) is 2. The molecule has 0 saturated heterocycles. The number of urea groups is 1. The van der Waals surface area contributed by atoms with Crippen molar-refractivity contribution in [2.75, 3.05) is 11.4 Å². The summed E-state index contributed by atoms with van der Waals surface area (Å²) in [6.45, 7) is 1.70. The van der Waals surface area contributed by atoms with Crippen molar-refractivity contribution < 1.29 is 22.8 Å². The Balaban J connectivity index is 1.93. The summed E-state index contributed by atoms with van der Waals surface area (Å²) in [6, 6.07) is 3.66. The molecule has 2 aliphatic heterocycles. The second kappa shape index (κ2) is 4.75. The van der Waals surface area contributed by atoms with Gasteiger partial charge in [-0.3, -0.25) is 4.79 Å². The van der Waals surface area contributed by atoms with Gasteiger partial charge in [0.15, 0.2) is 0 Å². The molecule has 116 valence electrons. The van der Waals surface area contributed by atoms with E-state index in [0.717, 1.165) is 12.1 Å². The molecule has 0 spiro atoms. The summed E-state index contributed by atoms with van der Waals surface area (Å²) < 4.78 is 38.3. The average Bonchev–Trinajstić information content (AvgIpc) is 2.75. The molecule has 1 aromatic carbocycles. The van der Waals surface area contributed by atoms with Crippen molar-refractivity contribution in [2.24, 2.45) is 0 Å². The van der Waals surface area contributed by atoms with Crippen molar-refractivity contribution in [3.05, 3.63) is 41.1 Å². The summed E-state index contributed by atoms with van der Waals surface area (Å²) in [5.41, 5.74) is 0.129. The number of anilines is 1. The minimum absolute atomic E-state index is 0.0488. The molecular formula is C14H12F3N3O2. The van der Waals surface area contributed by atoms with Crippen molar-refractivity contribution in [3.63, 3.8) is 0 Å². The van der Waals surface area contributed by atoms with Crippen LogP contribution in [0.5, 0.6) is 0 Å². The summed E-state index contributed by atoms with van der Waals surface area (Å²) in [6.07, 6.45) is -4.48. The van der Waals surface area contributed by atoms with E-state index >= 15 is 0 Å². The highest BCUT2D eigenvalue weighted by atomic mass is 19.4. The van der Waals surface area contributed by atoms with Gasteiger partial charge < -0.3 is 15.5 Å². The third kappa shape index (κ3) is 2.30. The summed E-state index contributed by atoms with van der Waals surface area (Å²) >= 11 is 0. The first-order chi connectivity index (χ1) is 10.3. The standard InChI is InChI=1S/C14H12F3N3O2/c1-7-11-10(19-13(22)18-7)6-20(12(11)21)9-4-2-3-8(5-9)14(15,16)17/h2-5,7H,6H2,1H3,(H2,18,19,22)/t7-/m1/s1. The molecule has 5 nitrogen and oxygen atoms in total. The first kappa shape index (κ1) is 14.4. The van der Waals surface area contributed by atoms with Gasteiger partial charge in [-0.05, 0) is 25.1 Å². The zero-order chi connectivity index (χ0) is 16.1. The molecule has 0 aliphatic carbocycles. The first-order valence-corrected chi connectivity index (χ1v) is 6.57. The summed E-state index contributed by atoms with van der Waals surface area (Å²) in [4.78, 5) is 25.1. The van der Waals surface area contributed by atoms with Crippen LogP contribution in [0.15, 0.2) is 35.5 Å². The number of halogens is 3. The predicted octanol–water partition coefficient (Wildman–Crippen LogP) is 2.01. The lowest BCUT2D eigenvalue weighted by Gasteiger charge is -2.21. The van der Waals surface area contributed by atoms with Crippen LogP contribution in [0, 0.1) is 0 Å². The molecule has 2 aliphatic rings. The maximum absolute atomic E-state index is 12.8. The summed E-state index contributed by atoms with van der Waals surface area (Å²) in [5.74, 6) is -0.408. The van der Waals surface area contributed by atoms with E-state index in [1.54, 1.807) is 6.92 Å². The Bertz CT molecular complexity index is 697. The molecule has 2 heterocycles. The zero-order valence-corrected chi connectivity index (χ0v) is 11.5. The normalized spacial score (nSPS) is 21.6. The molecule has 0 fully saturated rings. The maximum atomic E-state index is 12.8. The molecular weight excluding hydrogens is 299 g/mol. The van der Waals surface area contributed by atoms with Gasteiger partial charge in [0, 0.05) is 5.69 Å². The SMILES string of the molecule is C[C@H]1NC(=O)NC2=C1C(=O)N(c1cccc(C(F)(F)F)c1)C2. The minimum atomic E-state index is -4.48. The monoisotopic (exact) mass is 311 g/mol. The Kier molecular flexibility index (Phi) is 3.12. The highest BCUT2D eigenvalue weighted by Crippen LogP contribution is 2.34. The second-order valence-corrected chi connectivity index (χ2v) is 5.15. The number of carbonyl (C=O) groups is 2. The largest absolute Gasteiger partial charge is 0.416 e. The number of nitrogens with zero attached hydrogens (tertiary/aromatic N) is 1. The van der Waals surface area contributed by atoms with Crippen LogP contribution >= 0.6 is 0 Å². The number of rotatable bonds is 1. The molecule has 3 rings (SSSR count). The van der Waals surface area contributed by atoms with E-state index < -0.39 is 29.7 Å². The molecule has 0 unspecified atom stereocenters. The fourth-order valence-electron chi connectivity index (χ4n) is 2.64. The van der Waals surface area contributed by atoms with Gasteiger partial charge in [-0.1, -0.05) is 6.07 Å². The van der Waals surface area contributed by atoms with Crippen LogP contribution in [-0.4, -0.2) is 24.5 Å². The van der Waals surface area contributed by atoms with Crippen molar-refractivity contribution in [1.82, 2.24) is 10.6 Å². The molecule has 0 aromatic heterocycles. The third-order valence-corrected chi connectivity index (χ3v) is 3.65. The quantitative estimate of drug-likeness (QED) is 0.833. The Labute approximate surface area is 123 Å². The van der Waals surface area contributed by atoms with Crippen LogP contribution < -0.4 is 15.5 Å². The Morgan fingerprint density at radius 1 is 1.27 bits per heavy atom. The van der Waals surface area contributed by atoms with Gasteiger partial charge >= 0.3 is 12.2 Å². The van der Waals surface area contributed by atoms with Gasteiger partial charge in [0.25, 0.3) is 5.91 Å². The smallest absolute Gasteiger partial charge is 0.331 e. The Hall–Kier alpha value is -2.51. The van der Waals surface area contributed by atoms with E-state index in [0.29, 0.717) is 11.3 Å². The lowest BCUT2D eigenvalue weighted by atomic mass is 10.1. The van der Waals surface area contributed by atoms with Crippen LogP contribution in [0.4, 0.5) is 23.7 Å². The van der Waals surface area contributed by atoms with Gasteiger partial charge in [-0.25, -0.2) is 4.79 Å². The fourth-order valence-corrected chi connectivity index (χ4v) is 2.64. The topological polar surface area (TPSA) is 61.4 Å². The third-order valence-electron chi connectivity index (χ3n) is 3.65. The maximum Gasteiger partial charge on any atom is 0.416 e. The first-order valence-electron chi connectivity index (χ1n) is 6.57. The van der Waals surface area contributed by atoms with Gasteiger partial charge in [-0.2, -0.15) is 13.2 Å². The van der Waals surface area contributed by atoms with Crippen LogP contribution in [-0.2, 0) is 11.0 Å².